The van der Waals surface area contributed by atoms with Crippen molar-refractivity contribution in [3.05, 3.63) is 58.7 Å². The number of carbonyl (C=O) groups excluding carboxylic acids is 1. The zero-order chi connectivity index (χ0) is 25.3. The summed E-state index contributed by atoms with van der Waals surface area (Å²) in [6.45, 7) is 4.03. The van der Waals surface area contributed by atoms with Gasteiger partial charge in [0, 0.05) is 31.1 Å². The Morgan fingerprint density at radius 2 is 1.79 bits per heavy atom. The largest absolute Gasteiger partial charge is 0.508 e. The number of hydrogen-bond acceptors (Lipinski definition) is 4. The zero-order valence-corrected chi connectivity index (χ0v) is 19.8. The number of phenolic OH excluding ortho intramolecular Hbond substituents is 1. The summed E-state index contributed by atoms with van der Waals surface area (Å²) >= 11 is 0. The maximum Gasteiger partial charge on any atom is 0.395 e. The summed E-state index contributed by atoms with van der Waals surface area (Å²) < 4.78 is 55.4. The molecule has 1 aromatic heterocycles. The van der Waals surface area contributed by atoms with Gasteiger partial charge in [0.15, 0.2) is 0 Å². The first-order valence-electron chi connectivity index (χ1n) is 11.2. The van der Waals surface area contributed by atoms with Crippen molar-refractivity contribution in [3.63, 3.8) is 0 Å². The van der Waals surface area contributed by atoms with Crippen LogP contribution >= 0.6 is 0 Å². The molecule has 5 nitrogen and oxygen atoms in total. The van der Waals surface area contributed by atoms with Gasteiger partial charge in [0.2, 0.25) is 5.91 Å². The molecule has 186 valence electrons. The average molecular weight is 482 g/mol. The Morgan fingerprint density at radius 1 is 1.18 bits per heavy atom. The number of likely N-dealkylation sites (N-methyl/N-ethyl adjacent to an activating group) is 1. The van der Waals surface area contributed by atoms with Crippen LogP contribution in [0.2, 0.25) is 0 Å². The standard InChI is InChI=1S/C25H31F4N3O2/c1-15-7-20(33)8-16(2)21(15)10-19(32(3)4)14-31-23(34)11-22(17-9-18(26)13-30-12-17)24(5-6-24)25(27,28)29/h7-9,12-13,19,22,33H,5-6,10-11,14H2,1-4H3,(H,31,34)/t19-,22?/m0/s1. The highest BCUT2D eigenvalue weighted by Crippen LogP contribution is 2.66. The van der Waals surface area contributed by atoms with Crippen molar-refractivity contribution in [2.45, 2.75) is 57.7 Å². The third-order valence-electron chi connectivity index (χ3n) is 6.92. The molecule has 3 rings (SSSR count). The number of benzene rings is 1. The molecule has 1 heterocycles. The first-order valence-corrected chi connectivity index (χ1v) is 11.2. The van der Waals surface area contributed by atoms with Crippen LogP contribution in [0.4, 0.5) is 17.6 Å². The summed E-state index contributed by atoms with van der Waals surface area (Å²) in [7, 11) is 3.73. The van der Waals surface area contributed by atoms with Crippen molar-refractivity contribution in [1.82, 2.24) is 15.2 Å². The van der Waals surface area contributed by atoms with Crippen LogP contribution in [0, 0.1) is 25.1 Å². The molecule has 34 heavy (non-hydrogen) atoms. The number of pyridine rings is 1. The quantitative estimate of drug-likeness (QED) is 0.512. The van der Waals surface area contributed by atoms with Crippen molar-refractivity contribution in [2.75, 3.05) is 20.6 Å². The molecule has 1 saturated carbocycles. The fraction of sp³-hybridized carbons (Fsp3) is 0.520. The molecule has 0 aliphatic heterocycles. The number of rotatable bonds is 9. The maximum atomic E-state index is 13.9. The second-order valence-corrected chi connectivity index (χ2v) is 9.53. The molecule has 9 heteroatoms. The number of hydrogen-bond donors (Lipinski definition) is 2. The van der Waals surface area contributed by atoms with E-state index in [4.69, 9.17) is 0 Å². The minimum absolute atomic E-state index is 0.0875. The van der Waals surface area contributed by atoms with Gasteiger partial charge in [-0.3, -0.25) is 9.78 Å². The van der Waals surface area contributed by atoms with E-state index in [1.807, 2.05) is 32.8 Å². The van der Waals surface area contributed by atoms with Gasteiger partial charge in [0.05, 0.1) is 11.6 Å². The summed E-state index contributed by atoms with van der Waals surface area (Å²) in [5.74, 6) is -2.26. The lowest BCUT2D eigenvalue weighted by Crippen LogP contribution is -2.43. The number of alkyl halides is 3. The lowest BCUT2D eigenvalue weighted by molar-refractivity contribution is -0.194. The van der Waals surface area contributed by atoms with Crippen LogP contribution in [0.5, 0.6) is 5.75 Å². The number of halogens is 4. The van der Waals surface area contributed by atoms with Gasteiger partial charge >= 0.3 is 6.18 Å². The number of aromatic nitrogens is 1. The van der Waals surface area contributed by atoms with E-state index >= 15 is 0 Å². The fourth-order valence-corrected chi connectivity index (χ4v) is 4.67. The maximum absolute atomic E-state index is 13.9. The monoisotopic (exact) mass is 481 g/mol. The molecule has 0 radical (unpaired) electrons. The van der Waals surface area contributed by atoms with E-state index in [2.05, 4.69) is 10.3 Å². The Balaban J connectivity index is 1.74. The number of phenols is 1. The summed E-state index contributed by atoms with van der Waals surface area (Å²) in [4.78, 5) is 18.5. The van der Waals surface area contributed by atoms with Gasteiger partial charge in [-0.1, -0.05) is 0 Å². The Morgan fingerprint density at radius 3 is 2.29 bits per heavy atom. The van der Waals surface area contributed by atoms with Crippen molar-refractivity contribution < 1.29 is 27.5 Å². The van der Waals surface area contributed by atoms with Crippen LogP contribution in [-0.2, 0) is 11.2 Å². The van der Waals surface area contributed by atoms with Crippen LogP contribution in [0.15, 0.2) is 30.6 Å². The highest BCUT2D eigenvalue weighted by atomic mass is 19.4. The minimum atomic E-state index is -4.50. The molecule has 1 amide bonds. The minimum Gasteiger partial charge on any atom is -0.508 e. The molecule has 1 aliphatic rings. The summed E-state index contributed by atoms with van der Waals surface area (Å²) in [6.07, 6.45) is -2.34. The van der Waals surface area contributed by atoms with E-state index in [-0.39, 0.29) is 36.7 Å². The fourth-order valence-electron chi connectivity index (χ4n) is 4.67. The van der Waals surface area contributed by atoms with E-state index in [1.165, 1.54) is 6.20 Å². The van der Waals surface area contributed by atoms with Crippen LogP contribution in [0.1, 0.15) is 47.4 Å². The smallest absolute Gasteiger partial charge is 0.395 e. The van der Waals surface area contributed by atoms with Crippen molar-refractivity contribution in [1.29, 1.82) is 0 Å². The lowest BCUT2D eigenvalue weighted by atomic mass is 9.80. The van der Waals surface area contributed by atoms with Crippen molar-refractivity contribution in [2.24, 2.45) is 5.41 Å². The van der Waals surface area contributed by atoms with Gasteiger partial charge in [-0.2, -0.15) is 13.2 Å². The van der Waals surface area contributed by atoms with Gasteiger partial charge in [0.25, 0.3) is 0 Å². The first kappa shape index (κ1) is 25.9. The molecule has 2 N–H and O–H groups in total. The highest BCUT2D eigenvalue weighted by molar-refractivity contribution is 5.77. The molecule has 0 bridgehead atoms. The zero-order valence-electron chi connectivity index (χ0n) is 19.8. The molecule has 1 aromatic carbocycles. The number of aryl methyl sites for hydroxylation is 2. The predicted octanol–water partition coefficient (Wildman–Crippen LogP) is 4.65. The molecule has 2 aromatic rings. The topological polar surface area (TPSA) is 65.5 Å². The van der Waals surface area contributed by atoms with E-state index in [9.17, 15) is 27.5 Å². The van der Waals surface area contributed by atoms with Crippen LogP contribution < -0.4 is 5.32 Å². The van der Waals surface area contributed by atoms with Crippen LogP contribution in [0.3, 0.4) is 0 Å². The number of nitrogens with one attached hydrogen (secondary N) is 1. The Hall–Kier alpha value is -2.68. The molecule has 1 fully saturated rings. The third-order valence-corrected chi connectivity index (χ3v) is 6.92. The SMILES string of the molecule is Cc1cc(O)cc(C)c1C[C@@H](CNC(=O)CC(c1cncc(F)c1)C1(C(F)(F)F)CC1)N(C)C. The lowest BCUT2D eigenvalue weighted by Gasteiger charge is -2.30. The second-order valence-electron chi connectivity index (χ2n) is 9.53. The molecule has 1 aliphatic carbocycles. The highest BCUT2D eigenvalue weighted by Gasteiger charge is 2.67. The molecular formula is C25H31F4N3O2. The summed E-state index contributed by atoms with van der Waals surface area (Å²) in [5, 5.41) is 12.6. The number of carbonyl (C=O) groups is 1. The van der Waals surface area contributed by atoms with Gasteiger partial charge in [-0.15, -0.1) is 0 Å². The van der Waals surface area contributed by atoms with E-state index in [0.29, 0.717) is 6.42 Å². The molecule has 0 spiro atoms. The van der Waals surface area contributed by atoms with Crippen molar-refractivity contribution >= 4 is 5.91 Å². The average Bonchev–Trinajstić information content (AvgIpc) is 3.52. The molecule has 1 unspecified atom stereocenters. The van der Waals surface area contributed by atoms with Crippen molar-refractivity contribution in [3.8, 4) is 5.75 Å². The van der Waals surface area contributed by atoms with Crippen LogP contribution in [-0.4, -0.2) is 53.8 Å². The van der Waals surface area contributed by atoms with E-state index in [0.717, 1.165) is 29.0 Å². The number of nitrogens with zero attached hydrogens (tertiary/aromatic N) is 2. The number of amides is 1. The molecule has 2 atom stereocenters. The van der Waals surface area contributed by atoms with Gasteiger partial charge in [0.1, 0.15) is 11.6 Å². The summed E-state index contributed by atoms with van der Waals surface area (Å²) in [6, 6.07) is 4.28. The Kier molecular flexibility index (Phi) is 7.55. The second kappa shape index (κ2) is 9.90. The van der Waals surface area contributed by atoms with E-state index < -0.39 is 35.7 Å². The number of aromatic hydroxyl groups is 1. The first-order chi connectivity index (χ1) is 15.8. The van der Waals surface area contributed by atoms with Gasteiger partial charge in [-0.05, 0) is 87.7 Å². The summed E-state index contributed by atoms with van der Waals surface area (Å²) in [5.41, 5.74) is 0.958. The van der Waals surface area contributed by atoms with Crippen LogP contribution in [0.25, 0.3) is 0 Å². The third kappa shape index (κ3) is 5.68. The Bertz CT molecular complexity index is 1010. The predicted molar refractivity (Wildman–Crippen MR) is 121 cm³/mol. The molecular weight excluding hydrogens is 450 g/mol. The normalized spacial score (nSPS) is 16.9. The Labute approximate surface area is 197 Å². The van der Waals surface area contributed by atoms with Gasteiger partial charge < -0.3 is 15.3 Å². The molecule has 0 saturated heterocycles. The van der Waals surface area contributed by atoms with Gasteiger partial charge in [-0.25, -0.2) is 4.39 Å². The van der Waals surface area contributed by atoms with E-state index in [1.54, 1.807) is 12.1 Å².